The zero-order valence-electron chi connectivity index (χ0n) is 8.99. The van der Waals surface area contributed by atoms with Crippen molar-refractivity contribution in [3.63, 3.8) is 0 Å². The van der Waals surface area contributed by atoms with E-state index in [2.05, 4.69) is 18.8 Å². The Hall–Kier alpha value is -1.25. The molecule has 1 heterocycles. The highest BCUT2D eigenvalue weighted by Gasteiger charge is 2.09. The van der Waals surface area contributed by atoms with E-state index in [1.807, 2.05) is 12.1 Å². The molecule has 0 amide bonds. The predicted molar refractivity (Wildman–Crippen MR) is 55.8 cm³/mol. The van der Waals surface area contributed by atoms with Gasteiger partial charge in [-0.1, -0.05) is 13.8 Å². The van der Waals surface area contributed by atoms with Crippen molar-refractivity contribution >= 4 is 0 Å². The molecule has 1 rings (SSSR count). The molecule has 0 atom stereocenters. The van der Waals surface area contributed by atoms with Crippen LogP contribution in [0.3, 0.4) is 0 Å². The molecule has 0 saturated heterocycles. The fourth-order valence-electron chi connectivity index (χ4n) is 1.25. The van der Waals surface area contributed by atoms with Gasteiger partial charge in [0.05, 0.1) is 13.2 Å². The smallest absolute Gasteiger partial charge is 0.256 e. The van der Waals surface area contributed by atoms with Crippen molar-refractivity contribution in [1.82, 2.24) is 4.98 Å². The predicted octanol–water partition coefficient (Wildman–Crippen LogP) is 2.66. The van der Waals surface area contributed by atoms with Gasteiger partial charge in [-0.2, -0.15) is 0 Å². The number of aromatic nitrogens is 1. The minimum Gasteiger partial charge on any atom is -0.485 e. The third kappa shape index (κ3) is 2.62. The molecule has 0 radical (unpaired) electrons. The van der Waals surface area contributed by atoms with Gasteiger partial charge in [-0.15, -0.1) is 0 Å². The number of ether oxygens (including phenoxy) is 2. The summed E-state index contributed by atoms with van der Waals surface area (Å²) in [5.74, 6) is 1.28. The molecule has 3 nitrogen and oxygen atoms in total. The highest BCUT2D eigenvalue weighted by Crippen LogP contribution is 2.25. The Morgan fingerprint density at radius 1 is 1.36 bits per heavy atom. The molecule has 1 aromatic rings. The van der Waals surface area contributed by atoms with Crippen molar-refractivity contribution in [2.24, 2.45) is 0 Å². The van der Waals surface area contributed by atoms with Gasteiger partial charge in [0.2, 0.25) is 0 Å². The number of pyridine rings is 1. The van der Waals surface area contributed by atoms with E-state index in [0.717, 1.165) is 18.6 Å². The summed E-state index contributed by atoms with van der Waals surface area (Å²) in [6.45, 7) is 4.22. The van der Waals surface area contributed by atoms with Gasteiger partial charge in [0.25, 0.3) is 5.88 Å². The average molecular weight is 195 g/mol. The van der Waals surface area contributed by atoms with E-state index in [-0.39, 0.29) is 6.10 Å². The number of rotatable bonds is 5. The Labute approximate surface area is 85.1 Å². The Bertz CT molecular complexity index is 272. The third-order valence-corrected chi connectivity index (χ3v) is 2.13. The SMILES string of the molecule is CCC(CC)Oc1cccnc1OC. The monoisotopic (exact) mass is 195 g/mol. The average Bonchev–Trinajstić information content (AvgIpc) is 2.26. The van der Waals surface area contributed by atoms with E-state index in [4.69, 9.17) is 9.47 Å². The molecule has 0 bridgehead atoms. The maximum absolute atomic E-state index is 5.75. The van der Waals surface area contributed by atoms with Crippen molar-refractivity contribution in [2.75, 3.05) is 7.11 Å². The number of methoxy groups -OCH3 is 1. The van der Waals surface area contributed by atoms with Crippen LogP contribution in [0.1, 0.15) is 26.7 Å². The number of hydrogen-bond donors (Lipinski definition) is 0. The molecular formula is C11H17NO2. The van der Waals surface area contributed by atoms with Gasteiger partial charge >= 0.3 is 0 Å². The van der Waals surface area contributed by atoms with Gasteiger partial charge < -0.3 is 9.47 Å². The quantitative estimate of drug-likeness (QED) is 0.723. The molecule has 1 aromatic heterocycles. The van der Waals surface area contributed by atoms with Gasteiger partial charge in [0.1, 0.15) is 0 Å². The summed E-state index contributed by atoms with van der Waals surface area (Å²) in [4.78, 5) is 4.07. The van der Waals surface area contributed by atoms with E-state index in [1.54, 1.807) is 13.3 Å². The van der Waals surface area contributed by atoms with Crippen LogP contribution in [0.4, 0.5) is 0 Å². The van der Waals surface area contributed by atoms with Crippen LogP contribution in [0.5, 0.6) is 11.6 Å². The Balaban J connectivity index is 2.74. The fraction of sp³-hybridized carbons (Fsp3) is 0.545. The Kier molecular flexibility index (Phi) is 4.23. The van der Waals surface area contributed by atoms with Crippen LogP contribution in [0.25, 0.3) is 0 Å². The molecule has 0 spiro atoms. The van der Waals surface area contributed by atoms with Crippen LogP contribution in [0.2, 0.25) is 0 Å². The minimum absolute atomic E-state index is 0.244. The maximum Gasteiger partial charge on any atom is 0.256 e. The first kappa shape index (κ1) is 10.8. The number of nitrogens with zero attached hydrogens (tertiary/aromatic N) is 1. The van der Waals surface area contributed by atoms with Crippen LogP contribution in [0, 0.1) is 0 Å². The van der Waals surface area contributed by atoms with Crippen LogP contribution in [-0.2, 0) is 0 Å². The second kappa shape index (κ2) is 5.47. The van der Waals surface area contributed by atoms with E-state index in [0.29, 0.717) is 5.88 Å². The van der Waals surface area contributed by atoms with Crippen LogP contribution >= 0.6 is 0 Å². The third-order valence-electron chi connectivity index (χ3n) is 2.13. The highest BCUT2D eigenvalue weighted by molar-refractivity contribution is 5.32. The molecule has 3 heteroatoms. The zero-order valence-corrected chi connectivity index (χ0v) is 8.99. The van der Waals surface area contributed by atoms with Gasteiger partial charge in [0.15, 0.2) is 5.75 Å². The summed E-state index contributed by atoms with van der Waals surface area (Å²) in [6, 6.07) is 3.73. The Morgan fingerprint density at radius 2 is 2.07 bits per heavy atom. The molecule has 0 aliphatic carbocycles. The summed E-state index contributed by atoms with van der Waals surface area (Å²) in [6.07, 6.45) is 3.93. The van der Waals surface area contributed by atoms with E-state index in [1.165, 1.54) is 0 Å². The molecule has 0 N–H and O–H groups in total. The van der Waals surface area contributed by atoms with E-state index >= 15 is 0 Å². The lowest BCUT2D eigenvalue weighted by Gasteiger charge is -2.16. The minimum atomic E-state index is 0.244. The highest BCUT2D eigenvalue weighted by atomic mass is 16.5. The van der Waals surface area contributed by atoms with Crippen LogP contribution in [0.15, 0.2) is 18.3 Å². The molecule has 0 unspecified atom stereocenters. The molecular weight excluding hydrogens is 178 g/mol. The van der Waals surface area contributed by atoms with Gasteiger partial charge in [-0.25, -0.2) is 4.98 Å². The fourth-order valence-corrected chi connectivity index (χ4v) is 1.25. The summed E-state index contributed by atoms with van der Waals surface area (Å²) in [5.41, 5.74) is 0. The first-order valence-electron chi connectivity index (χ1n) is 4.97. The molecule has 14 heavy (non-hydrogen) atoms. The van der Waals surface area contributed by atoms with Crippen molar-refractivity contribution in [3.05, 3.63) is 18.3 Å². The van der Waals surface area contributed by atoms with Crippen molar-refractivity contribution in [3.8, 4) is 11.6 Å². The molecule has 78 valence electrons. The molecule has 0 saturated carbocycles. The van der Waals surface area contributed by atoms with Crippen LogP contribution in [-0.4, -0.2) is 18.2 Å². The van der Waals surface area contributed by atoms with Crippen LogP contribution < -0.4 is 9.47 Å². The lowest BCUT2D eigenvalue weighted by atomic mass is 10.2. The van der Waals surface area contributed by atoms with Crippen molar-refractivity contribution in [1.29, 1.82) is 0 Å². The lowest BCUT2D eigenvalue weighted by molar-refractivity contribution is 0.183. The first-order chi connectivity index (χ1) is 6.81. The molecule has 0 aliphatic rings. The van der Waals surface area contributed by atoms with Gasteiger partial charge in [0, 0.05) is 6.20 Å². The summed E-state index contributed by atoms with van der Waals surface area (Å²) in [7, 11) is 1.60. The lowest BCUT2D eigenvalue weighted by Crippen LogP contribution is -2.14. The summed E-state index contributed by atoms with van der Waals surface area (Å²) in [5, 5.41) is 0. The topological polar surface area (TPSA) is 31.4 Å². The first-order valence-corrected chi connectivity index (χ1v) is 4.97. The normalized spacial score (nSPS) is 10.3. The molecule has 0 aromatic carbocycles. The number of hydrogen-bond acceptors (Lipinski definition) is 3. The Morgan fingerprint density at radius 3 is 2.64 bits per heavy atom. The van der Waals surface area contributed by atoms with Gasteiger partial charge in [-0.05, 0) is 25.0 Å². The molecule has 0 fully saturated rings. The maximum atomic E-state index is 5.75. The van der Waals surface area contributed by atoms with E-state index in [9.17, 15) is 0 Å². The largest absolute Gasteiger partial charge is 0.485 e. The van der Waals surface area contributed by atoms with Gasteiger partial charge in [-0.3, -0.25) is 0 Å². The summed E-state index contributed by atoms with van der Waals surface area (Å²) < 4.78 is 10.8. The second-order valence-corrected chi connectivity index (χ2v) is 3.07. The van der Waals surface area contributed by atoms with Crippen molar-refractivity contribution < 1.29 is 9.47 Å². The second-order valence-electron chi connectivity index (χ2n) is 3.07. The zero-order chi connectivity index (χ0) is 10.4. The van der Waals surface area contributed by atoms with Crippen molar-refractivity contribution in [2.45, 2.75) is 32.8 Å². The standard InChI is InChI=1S/C11H17NO2/c1-4-9(5-2)14-10-7-6-8-12-11(10)13-3/h6-9H,4-5H2,1-3H3. The van der Waals surface area contributed by atoms with E-state index < -0.39 is 0 Å². The molecule has 0 aliphatic heterocycles. The summed E-state index contributed by atoms with van der Waals surface area (Å²) >= 11 is 0.